The van der Waals surface area contributed by atoms with Crippen molar-refractivity contribution in [3.05, 3.63) is 181 Å². The second-order valence-electron chi connectivity index (χ2n) is 13.5. The van der Waals surface area contributed by atoms with Crippen molar-refractivity contribution >= 4 is 60.0 Å². The normalized spacial score (nSPS) is 16.4. The summed E-state index contributed by atoms with van der Waals surface area (Å²) in [6.45, 7) is 0. The molecule has 0 N–H and O–H groups in total. The van der Waals surface area contributed by atoms with E-state index in [1.807, 2.05) is 0 Å². The molecule has 3 aromatic heterocycles. The fourth-order valence-corrected chi connectivity index (χ4v) is 8.46. The molecule has 0 radical (unpaired) electrons. The van der Waals surface area contributed by atoms with Crippen molar-refractivity contribution in [3.8, 4) is 22.4 Å². The van der Waals surface area contributed by atoms with Crippen molar-refractivity contribution in [1.29, 1.82) is 0 Å². The summed E-state index contributed by atoms with van der Waals surface area (Å²) in [5, 5.41) is 7.20. The first-order valence-corrected chi connectivity index (χ1v) is 17.3. The molecule has 2 aliphatic rings. The minimum absolute atomic E-state index is 0.313. The lowest BCUT2D eigenvalue weighted by molar-refractivity contribution is 0.771. The van der Waals surface area contributed by atoms with Gasteiger partial charge in [0.15, 0.2) is 0 Å². The summed E-state index contributed by atoms with van der Waals surface area (Å²) in [6.07, 6.45) is 7.07. The number of benzene rings is 6. The minimum atomic E-state index is 0.313. The van der Waals surface area contributed by atoms with Crippen molar-refractivity contribution < 1.29 is 0 Å². The lowest BCUT2D eigenvalue weighted by Crippen LogP contribution is -2.05. The maximum absolute atomic E-state index is 5.32. The Labute approximate surface area is 288 Å². The molecule has 0 spiro atoms. The Bertz CT molecular complexity index is 2890. The molecule has 0 fully saturated rings. The maximum Gasteiger partial charge on any atom is 0.0972 e. The third-order valence-electron chi connectivity index (χ3n) is 10.8. The van der Waals surface area contributed by atoms with Crippen molar-refractivity contribution in [2.24, 2.45) is 0 Å². The van der Waals surface area contributed by atoms with Crippen molar-refractivity contribution in [1.82, 2.24) is 15.0 Å². The zero-order valence-electron chi connectivity index (χ0n) is 27.1. The van der Waals surface area contributed by atoms with Crippen LogP contribution in [0.15, 0.2) is 164 Å². The average Bonchev–Trinajstić information content (AvgIpc) is 3.51. The Morgan fingerprint density at radius 1 is 0.440 bits per heavy atom. The number of nitrogens with zero attached hydrogens (tertiary/aromatic N) is 3. The largest absolute Gasteiger partial charge is 0.248 e. The highest BCUT2D eigenvalue weighted by molar-refractivity contribution is 6.10. The summed E-state index contributed by atoms with van der Waals surface area (Å²) in [4.78, 5) is 15.6. The van der Waals surface area contributed by atoms with Gasteiger partial charge in [-0.25, -0.2) is 15.0 Å². The van der Waals surface area contributed by atoms with E-state index in [0.717, 1.165) is 71.7 Å². The SMILES string of the molecule is C1=CC2c3cccc4cccc(c34)C2C=C1c1ccc2ccc3ccc(-c4cccc(-c5c6ccccc6nc6ccccc56)c4)nc3c2n1. The number of para-hydroxylation sites is 2. The van der Waals surface area contributed by atoms with Crippen LogP contribution in [0.25, 0.3) is 82.3 Å². The van der Waals surface area contributed by atoms with Gasteiger partial charge in [0.2, 0.25) is 0 Å². The van der Waals surface area contributed by atoms with Gasteiger partial charge in [0.05, 0.1) is 33.5 Å². The Hall–Kier alpha value is -6.45. The first kappa shape index (κ1) is 27.5. The van der Waals surface area contributed by atoms with Crippen molar-refractivity contribution in [2.75, 3.05) is 0 Å². The quantitative estimate of drug-likeness (QED) is 0.143. The third-order valence-corrected chi connectivity index (χ3v) is 10.8. The fraction of sp³-hybridized carbons (Fsp3) is 0.0426. The highest BCUT2D eigenvalue weighted by Gasteiger charge is 2.33. The standard InChI is InChI=1S/C47H29N3/c1-3-16-42-37(12-1)45(38-13-2-4-17-43(38)48-42)33-11-5-10-31(26-33)40-24-21-29-18-19-30-22-25-41(50-47(30)46(29)49-40)32-20-23-34-35-14-6-8-28-9-7-15-36(44(28)35)39(34)27-32/h1-27,34,39H. The highest BCUT2D eigenvalue weighted by Crippen LogP contribution is 2.51. The second-order valence-corrected chi connectivity index (χ2v) is 13.5. The van der Waals surface area contributed by atoms with Gasteiger partial charge < -0.3 is 0 Å². The minimum Gasteiger partial charge on any atom is -0.248 e. The topological polar surface area (TPSA) is 38.7 Å². The number of allylic oxidation sites excluding steroid dienone is 4. The zero-order chi connectivity index (χ0) is 32.8. The van der Waals surface area contributed by atoms with E-state index in [1.54, 1.807) is 0 Å². The summed E-state index contributed by atoms with van der Waals surface area (Å²) in [5.41, 5.74) is 13.2. The molecule has 3 nitrogen and oxygen atoms in total. The number of rotatable bonds is 3. The molecule has 0 amide bonds. The Morgan fingerprint density at radius 2 is 1.04 bits per heavy atom. The maximum atomic E-state index is 5.32. The second kappa shape index (κ2) is 10.5. The zero-order valence-corrected chi connectivity index (χ0v) is 27.1. The predicted octanol–water partition coefficient (Wildman–Crippen LogP) is 11.8. The van der Waals surface area contributed by atoms with Gasteiger partial charge in [0.25, 0.3) is 0 Å². The molecule has 2 unspecified atom stereocenters. The molecular weight excluding hydrogens is 607 g/mol. The van der Waals surface area contributed by atoms with Crippen LogP contribution in [-0.2, 0) is 0 Å². The Balaban J connectivity index is 1.03. The first-order chi connectivity index (χ1) is 24.8. The van der Waals surface area contributed by atoms with E-state index in [-0.39, 0.29) is 0 Å². The van der Waals surface area contributed by atoms with Crippen molar-refractivity contribution in [2.45, 2.75) is 11.8 Å². The molecule has 3 heterocycles. The van der Waals surface area contributed by atoms with Crippen LogP contribution in [0.5, 0.6) is 0 Å². The van der Waals surface area contributed by atoms with E-state index in [2.05, 4.69) is 164 Å². The predicted molar refractivity (Wildman–Crippen MR) is 207 cm³/mol. The number of hydrogen-bond acceptors (Lipinski definition) is 3. The van der Waals surface area contributed by atoms with Crippen LogP contribution in [0.4, 0.5) is 0 Å². The molecule has 0 aliphatic heterocycles. The van der Waals surface area contributed by atoms with E-state index in [9.17, 15) is 0 Å². The lowest BCUT2D eigenvalue weighted by atomic mass is 9.83. The summed E-state index contributed by atoms with van der Waals surface area (Å²) in [7, 11) is 0. The van der Waals surface area contributed by atoms with Crippen LogP contribution < -0.4 is 0 Å². The van der Waals surface area contributed by atoms with Crippen molar-refractivity contribution in [3.63, 3.8) is 0 Å². The smallest absolute Gasteiger partial charge is 0.0972 e. The summed E-state index contributed by atoms with van der Waals surface area (Å²) in [5.74, 6) is 0.678. The van der Waals surface area contributed by atoms with Crippen LogP contribution in [0, 0.1) is 0 Å². The highest BCUT2D eigenvalue weighted by atomic mass is 14.8. The molecule has 0 bridgehead atoms. The van der Waals surface area contributed by atoms with Gasteiger partial charge in [-0.05, 0) is 63.4 Å². The van der Waals surface area contributed by atoms with Crippen LogP contribution in [0.2, 0.25) is 0 Å². The average molecular weight is 636 g/mol. The van der Waals surface area contributed by atoms with Gasteiger partial charge in [0.1, 0.15) is 0 Å². The number of aromatic nitrogens is 3. The van der Waals surface area contributed by atoms with Crippen LogP contribution in [0.1, 0.15) is 28.7 Å². The summed E-state index contributed by atoms with van der Waals surface area (Å²) >= 11 is 0. The summed E-state index contributed by atoms with van der Waals surface area (Å²) in [6, 6.07) is 52.0. The molecule has 50 heavy (non-hydrogen) atoms. The van der Waals surface area contributed by atoms with E-state index in [0.29, 0.717) is 11.8 Å². The van der Waals surface area contributed by atoms with Gasteiger partial charge in [-0.1, -0.05) is 133 Å². The van der Waals surface area contributed by atoms with Gasteiger partial charge in [0, 0.05) is 44.5 Å². The number of fused-ring (bicyclic) bond motifs is 8. The molecular formula is C47H29N3. The summed E-state index contributed by atoms with van der Waals surface area (Å²) < 4.78 is 0. The number of pyridine rings is 3. The van der Waals surface area contributed by atoms with Gasteiger partial charge in [-0.2, -0.15) is 0 Å². The van der Waals surface area contributed by atoms with Crippen LogP contribution >= 0.6 is 0 Å². The van der Waals surface area contributed by atoms with Gasteiger partial charge >= 0.3 is 0 Å². The molecule has 2 atom stereocenters. The molecule has 232 valence electrons. The van der Waals surface area contributed by atoms with Crippen LogP contribution in [0.3, 0.4) is 0 Å². The van der Waals surface area contributed by atoms with Gasteiger partial charge in [-0.3, -0.25) is 0 Å². The van der Waals surface area contributed by atoms with Crippen LogP contribution in [-0.4, -0.2) is 15.0 Å². The Morgan fingerprint density at radius 3 is 1.78 bits per heavy atom. The van der Waals surface area contributed by atoms with E-state index in [4.69, 9.17) is 15.0 Å². The molecule has 0 saturated heterocycles. The van der Waals surface area contributed by atoms with E-state index in [1.165, 1.54) is 27.5 Å². The fourth-order valence-electron chi connectivity index (χ4n) is 8.46. The third kappa shape index (κ3) is 4.07. The monoisotopic (exact) mass is 635 g/mol. The van der Waals surface area contributed by atoms with Gasteiger partial charge in [-0.15, -0.1) is 0 Å². The first-order valence-electron chi connectivity index (χ1n) is 17.3. The molecule has 2 aliphatic carbocycles. The number of hydrogen-bond donors (Lipinski definition) is 0. The van der Waals surface area contributed by atoms with E-state index >= 15 is 0 Å². The van der Waals surface area contributed by atoms with E-state index < -0.39 is 0 Å². The molecule has 6 aromatic carbocycles. The Kier molecular flexibility index (Phi) is 5.79. The molecule has 0 saturated carbocycles. The molecule has 11 rings (SSSR count). The lowest BCUT2D eigenvalue weighted by Gasteiger charge is -2.21. The molecule has 3 heteroatoms. The molecule has 9 aromatic rings.